The summed E-state index contributed by atoms with van der Waals surface area (Å²) in [5.74, 6) is 0.135. The van der Waals surface area contributed by atoms with Crippen molar-refractivity contribution in [2.45, 2.75) is 84.5 Å². The van der Waals surface area contributed by atoms with Gasteiger partial charge in [-0.05, 0) is 50.9 Å². The number of ether oxygens (including phenoxy) is 1. The molecule has 2 heterocycles. The highest BCUT2D eigenvalue weighted by atomic mass is 16.5. The van der Waals surface area contributed by atoms with E-state index in [4.69, 9.17) is 4.74 Å². The van der Waals surface area contributed by atoms with E-state index in [9.17, 15) is 14.4 Å². The van der Waals surface area contributed by atoms with Gasteiger partial charge in [0.15, 0.2) is 0 Å². The third-order valence-electron chi connectivity index (χ3n) is 7.17. The lowest BCUT2D eigenvalue weighted by Crippen LogP contribution is -2.53. The second-order valence-electron chi connectivity index (χ2n) is 9.58. The van der Waals surface area contributed by atoms with Gasteiger partial charge in [-0.1, -0.05) is 27.2 Å². The minimum Gasteiger partial charge on any atom is -0.372 e. The van der Waals surface area contributed by atoms with Crippen LogP contribution >= 0.6 is 0 Å². The first-order valence-corrected chi connectivity index (χ1v) is 10.7. The van der Waals surface area contributed by atoms with Gasteiger partial charge in [-0.2, -0.15) is 0 Å². The molecular formula is C21H35N3O4. The number of nitrogens with one attached hydrogen (secondary N) is 1. The summed E-state index contributed by atoms with van der Waals surface area (Å²) in [6.45, 7) is 11.4. The quantitative estimate of drug-likeness (QED) is 0.745. The minimum atomic E-state index is -0.816. The highest BCUT2D eigenvalue weighted by Crippen LogP contribution is 2.45. The van der Waals surface area contributed by atoms with E-state index < -0.39 is 11.6 Å². The van der Waals surface area contributed by atoms with Crippen molar-refractivity contribution in [1.82, 2.24) is 15.1 Å². The number of carbonyl (C=O) groups excluding carboxylic acids is 3. The van der Waals surface area contributed by atoms with Crippen LogP contribution in [0, 0.1) is 11.3 Å². The largest absolute Gasteiger partial charge is 0.372 e. The Bertz CT molecular complexity index is 630. The first kappa shape index (κ1) is 21.1. The number of rotatable bonds is 4. The predicted octanol–water partition coefficient (Wildman–Crippen LogP) is 2.54. The van der Waals surface area contributed by atoms with Crippen molar-refractivity contribution < 1.29 is 19.1 Å². The number of morpholine rings is 1. The van der Waals surface area contributed by atoms with Crippen LogP contribution in [0.3, 0.4) is 0 Å². The fourth-order valence-corrected chi connectivity index (χ4v) is 4.96. The molecule has 2 aliphatic heterocycles. The predicted molar refractivity (Wildman–Crippen MR) is 106 cm³/mol. The monoisotopic (exact) mass is 393 g/mol. The maximum absolute atomic E-state index is 13.1. The summed E-state index contributed by atoms with van der Waals surface area (Å²) in [5, 5.41) is 2.93. The van der Waals surface area contributed by atoms with E-state index in [-0.39, 0.29) is 36.0 Å². The topological polar surface area (TPSA) is 79.0 Å². The Labute approximate surface area is 168 Å². The van der Waals surface area contributed by atoms with E-state index in [1.165, 1.54) is 0 Å². The third-order valence-corrected chi connectivity index (χ3v) is 7.17. The van der Waals surface area contributed by atoms with E-state index in [1.807, 2.05) is 13.8 Å². The van der Waals surface area contributed by atoms with Crippen molar-refractivity contribution in [3.05, 3.63) is 0 Å². The van der Waals surface area contributed by atoms with Crippen LogP contribution in [-0.4, -0.2) is 65.0 Å². The van der Waals surface area contributed by atoms with Gasteiger partial charge in [0.1, 0.15) is 12.1 Å². The van der Waals surface area contributed by atoms with Gasteiger partial charge in [0.25, 0.3) is 5.91 Å². The maximum Gasteiger partial charge on any atom is 0.325 e. The molecule has 0 unspecified atom stereocenters. The van der Waals surface area contributed by atoms with Gasteiger partial charge in [-0.3, -0.25) is 14.5 Å². The normalized spacial score (nSPS) is 34.1. The fourth-order valence-electron chi connectivity index (χ4n) is 4.96. The first-order chi connectivity index (χ1) is 13.1. The zero-order valence-electron chi connectivity index (χ0n) is 17.9. The first-order valence-electron chi connectivity index (χ1n) is 10.7. The lowest BCUT2D eigenvalue weighted by atomic mass is 9.65. The van der Waals surface area contributed by atoms with Crippen LogP contribution in [0.25, 0.3) is 0 Å². The molecule has 0 aromatic carbocycles. The Kier molecular flexibility index (Phi) is 5.76. The average Bonchev–Trinajstić information content (AvgIpc) is 2.85. The van der Waals surface area contributed by atoms with Crippen molar-refractivity contribution in [1.29, 1.82) is 0 Å². The van der Waals surface area contributed by atoms with Crippen LogP contribution in [0.5, 0.6) is 0 Å². The van der Waals surface area contributed by atoms with Gasteiger partial charge >= 0.3 is 6.03 Å². The molecule has 3 aliphatic rings. The molecule has 1 aliphatic carbocycles. The van der Waals surface area contributed by atoms with Crippen molar-refractivity contribution in [3.63, 3.8) is 0 Å². The highest BCUT2D eigenvalue weighted by molar-refractivity contribution is 6.09. The number of urea groups is 1. The van der Waals surface area contributed by atoms with Crippen LogP contribution < -0.4 is 5.32 Å². The van der Waals surface area contributed by atoms with E-state index >= 15 is 0 Å². The van der Waals surface area contributed by atoms with Gasteiger partial charge in [-0.15, -0.1) is 0 Å². The molecule has 4 amide bonds. The average molecular weight is 394 g/mol. The second kappa shape index (κ2) is 7.65. The van der Waals surface area contributed by atoms with Crippen molar-refractivity contribution >= 4 is 17.8 Å². The number of imide groups is 1. The van der Waals surface area contributed by atoms with Gasteiger partial charge in [0.05, 0.1) is 12.2 Å². The molecule has 2 saturated heterocycles. The second-order valence-corrected chi connectivity index (χ2v) is 9.58. The van der Waals surface area contributed by atoms with Gasteiger partial charge in [0, 0.05) is 13.1 Å². The van der Waals surface area contributed by atoms with E-state index in [0.717, 1.165) is 24.2 Å². The van der Waals surface area contributed by atoms with Crippen LogP contribution in [0.2, 0.25) is 0 Å². The van der Waals surface area contributed by atoms with Gasteiger partial charge in [0.2, 0.25) is 5.91 Å². The Morgan fingerprint density at radius 3 is 2.29 bits per heavy atom. The number of carbonyl (C=O) groups is 3. The zero-order valence-corrected chi connectivity index (χ0v) is 17.9. The SMILES string of the molecule is CCC(C)(C)C1CCC2(CC1)NC(=O)N(CC(=O)N1C[C@@H](C)O[C@@H](C)C1)C2=O. The van der Waals surface area contributed by atoms with Crippen LogP contribution in [-0.2, 0) is 14.3 Å². The molecule has 1 spiro atoms. The third kappa shape index (κ3) is 3.91. The summed E-state index contributed by atoms with van der Waals surface area (Å²) in [5.41, 5.74) is -0.573. The molecule has 7 nitrogen and oxygen atoms in total. The molecule has 0 radical (unpaired) electrons. The Balaban J connectivity index is 1.63. The van der Waals surface area contributed by atoms with E-state index in [2.05, 4.69) is 26.1 Å². The summed E-state index contributed by atoms with van der Waals surface area (Å²) in [6, 6.07) is -0.430. The number of nitrogens with zero attached hydrogens (tertiary/aromatic N) is 2. The summed E-state index contributed by atoms with van der Waals surface area (Å²) in [7, 11) is 0. The van der Waals surface area contributed by atoms with Crippen LogP contribution in [0.15, 0.2) is 0 Å². The standard InChI is InChI=1S/C21H35N3O4/c1-6-20(4,5)16-7-9-21(10-8-16)18(26)24(19(27)22-21)13-17(25)23-11-14(2)28-15(3)12-23/h14-16H,6-13H2,1-5H3,(H,22,27)/t14-,15+,16?,21?. The van der Waals surface area contributed by atoms with E-state index in [0.29, 0.717) is 31.8 Å². The fraction of sp³-hybridized carbons (Fsp3) is 0.857. The molecule has 7 heteroatoms. The minimum absolute atomic E-state index is 0.0423. The van der Waals surface area contributed by atoms with Crippen molar-refractivity contribution in [2.75, 3.05) is 19.6 Å². The molecule has 3 rings (SSSR count). The van der Waals surface area contributed by atoms with Gasteiger partial charge < -0.3 is 15.0 Å². The Morgan fingerprint density at radius 1 is 1.18 bits per heavy atom. The summed E-state index contributed by atoms with van der Waals surface area (Å²) in [4.78, 5) is 41.2. The van der Waals surface area contributed by atoms with Gasteiger partial charge in [-0.25, -0.2) is 4.79 Å². The summed E-state index contributed by atoms with van der Waals surface area (Å²) < 4.78 is 5.66. The smallest absolute Gasteiger partial charge is 0.325 e. The zero-order chi connectivity index (χ0) is 20.7. The summed E-state index contributed by atoms with van der Waals surface area (Å²) in [6.07, 6.45) is 4.17. The Hall–Kier alpha value is -1.63. The number of hydrogen-bond donors (Lipinski definition) is 1. The van der Waals surface area contributed by atoms with Crippen LogP contribution in [0.4, 0.5) is 4.79 Å². The highest BCUT2D eigenvalue weighted by Gasteiger charge is 2.54. The summed E-state index contributed by atoms with van der Waals surface area (Å²) >= 11 is 0. The van der Waals surface area contributed by atoms with Crippen molar-refractivity contribution in [2.24, 2.45) is 11.3 Å². The lowest BCUT2D eigenvalue weighted by molar-refractivity contribution is -0.147. The molecular weight excluding hydrogens is 358 g/mol. The van der Waals surface area contributed by atoms with E-state index in [1.54, 1.807) is 4.90 Å². The van der Waals surface area contributed by atoms with Crippen LogP contribution in [0.1, 0.15) is 66.7 Å². The molecule has 158 valence electrons. The maximum atomic E-state index is 13.1. The van der Waals surface area contributed by atoms with Crippen molar-refractivity contribution in [3.8, 4) is 0 Å². The molecule has 0 bridgehead atoms. The molecule has 3 fully saturated rings. The lowest BCUT2D eigenvalue weighted by Gasteiger charge is -2.42. The number of amides is 4. The molecule has 0 aromatic heterocycles. The number of hydrogen-bond acceptors (Lipinski definition) is 4. The molecule has 1 saturated carbocycles. The molecule has 0 aromatic rings. The molecule has 28 heavy (non-hydrogen) atoms. The Morgan fingerprint density at radius 2 is 1.75 bits per heavy atom. The molecule has 1 N–H and O–H groups in total. The molecule has 2 atom stereocenters.